The maximum absolute atomic E-state index is 13.0. The number of hydrogen-bond acceptors (Lipinski definition) is 3. The van der Waals surface area contributed by atoms with Gasteiger partial charge in [-0.2, -0.15) is 5.10 Å². The number of hydrogen-bond donors (Lipinski definition) is 1. The van der Waals surface area contributed by atoms with Crippen LogP contribution in [0.4, 0.5) is 0 Å². The van der Waals surface area contributed by atoms with Crippen molar-refractivity contribution in [2.24, 2.45) is 5.92 Å². The highest BCUT2D eigenvalue weighted by Gasteiger charge is 2.25. The minimum Gasteiger partial charge on any atom is -0.349 e. The molecular formula is C23H27ClN4O. The lowest BCUT2D eigenvalue weighted by Gasteiger charge is -2.29. The zero-order chi connectivity index (χ0) is 20.5. The quantitative estimate of drug-likeness (QED) is 0.665. The first-order chi connectivity index (χ1) is 14.0. The average Bonchev–Trinajstić information content (AvgIpc) is 3.12. The van der Waals surface area contributed by atoms with E-state index >= 15 is 0 Å². The highest BCUT2D eigenvalue weighted by molar-refractivity contribution is 6.31. The molecule has 1 fully saturated rings. The van der Waals surface area contributed by atoms with E-state index in [0.29, 0.717) is 23.5 Å². The third-order valence-corrected chi connectivity index (χ3v) is 6.58. The summed E-state index contributed by atoms with van der Waals surface area (Å²) in [6, 6.07) is 8.07. The Morgan fingerprint density at radius 2 is 2.00 bits per heavy atom. The van der Waals surface area contributed by atoms with E-state index in [9.17, 15) is 4.79 Å². The maximum atomic E-state index is 13.0. The van der Waals surface area contributed by atoms with Gasteiger partial charge >= 0.3 is 0 Å². The van der Waals surface area contributed by atoms with Crippen molar-refractivity contribution in [1.82, 2.24) is 19.9 Å². The molecule has 29 heavy (non-hydrogen) atoms. The van der Waals surface area contributed by atoms with Crippen LogP contribution in [-0.4, -0.2) is 26.5 Å². The Hall–Kier alpha value is -2.40. The van der Waals surface area contributed by atoms with E-state index in [4.69, 9.17) is 16.6 Å². The molecule has 6 heteroatoms. The van der Waals surface area contributed by atoms with Crippen LogP contribution in [0.15, 0.2) is 30.5 Å². The third kappa shape index (κ3) is 3.88. The second-order valence-electron chi connectivity index (χ2n) is 8.16. The van der Waals surface area contributed by atoms with Gasteiger partial charge in [-0.15, -0.1) is 0 Å². The number of carbonyl (C=O) groups excluding carboxylic acids is 1. The van der Waals surface area contributed by atoms with Crippen molar-refractivity contribution in [3.8, 4) is 0 Å². The van der Waals surface area contributed by atoms with Crippen LogP contribution in [0.2, 0.25) is 5.02 Å². The number of aryl methyl sites for hydroxylation is 2. The number of nitrogens with zero attached hydrogens (tertiary/aromatic N) is 3. The van der Waals surface area contributed by atoms with Gasteiger partial charge in [0.2, 0.25) is 0 Å². The Bertz CT molecular complexity index is 1060. The number of amides is 1. The van der Waals surface area contributed by atoms with Gasteiger partial charge in [0.25, 0.3) is 5.91 Å². The molecule has 1 aliphatic rings. The largest absolute Gasteiger partial charge is 0.349 e. The lowest BCUT2D eigenvalue weighted by Crippen LogP contribution is -2.41. The fourth-order valence-electron chi connectivity index (χ4n) is 4.34. The molecule has 0 radical (unpaired) electrons. The van der Waals surface area contributed by atoms with E-state index in [2.05, 4.69) is 17.3 Å². The molecule has 2 atom stereocenters. The van der Waals surface area contributed by atoms with Gasteiger partial charge in [0.05, 0.1) is 6.20 Å². The van der Waals surface area contributed by atoms with Crippen LogP contribution in [0, 0.1) is 19.8 Å². The molecule has 152 valence electrons. The van der Waals surface area contributed by atoms with Gasteiger partial charge in [-0.25, -0.2) is 9.50 Å². The first-order valence-electron chi connectivity index (χ1n) is 10.3. The van der Waals surface area contributed by atoms with E-state index in [0.717, 1.165) is 34.0 Å². The topological polar surface area (TPSA) is 59.3 Å². The summed E-state index contributed by atoms with van der Waals surface area (Å²) in [5, 5.41) is 8.44. The van der Waals surface area contributed by atoms with Crippen LogP contribution in [0.25, 0.3) is 5.65 Å². The van der Waals surface area contributed by atoms with E-state index < -0.39 is 0 Å². The van der Waals surface area contributed by atoms with Crippen LogP contribution < -0.4 is 5.32 Å². The van der Waals surface area contributed by atoms with E-state index in [1.807, 2.05) is 38.1 Å². The Balaban J connectivity index is 1.65. The van der Waals surface area contributed by atoms with Gasteiger partial charge in [-0.1, -0.05) is 49.6 Å². The van der Waals surface area contributed by atoms with Crippen molar-refractivity contribution in [2.45, 2.75) is 58.9 Å². The minimum absolute atomic E-state index is 0.0797. The molecule has 0 unspecified atom stereocenters. The van der Waals surface area contributed by atoms with Crippen molar-refractivity contribution in [3.63, 3.8) is 0 Å². The van der Waals surface area contributed by atoms with Crippen molar-refractivity contribution < 1.29 is 4.79 Å². The molecule has 1 N–H and O–H groups in total. The number of rotatable bonds is 4. The number of carbonyl (C=O) groups is 1. The summed E-state index contributed by atoms with van der Waals surface area (Å²) in [6.07, 6.45) is 6.95. The van der Waals surface area contributed by atoms with Crippen LogP contribution in [0.5, 0.6) is 0 Å². The summed E-state index contributed by atoms with van der Waals surface area (Å²) in [6.45, 7) is 6.22. The summed E-state index contributed by atoms with van der Waals surface area (Å²) < 4.78 is 1.78. The molecule has 5 nitrogen and oxygen atoms in total. The number of halogens is 1. The smallest absolute Gasteiger partial charge is 0.256 e. The van der Waals surface area contributed by atoms with Crippen molar-refractivity contribution in [1.29, 1.82) is 0 Å². The lowest BCUT2D eigenvalue weighted by atomic mass is 9.86. The Kier molecular flexibility index (Phi) is 5.59. The Labute approximate surface area is 176 Å². The fourth-order valence-corrected chi connectivity index (χ4v) is 4.54. The monoisotopic (exact) mass is 410 g/mol. The van der Waals surface area contributed by atoms with Gasteiger partial charge in [-0.05, 0) is 49.8 Å². The summed E-state index contributed by atoms with van der Waals surface area (Å²) in [5.41, 5.74) is 5.18. The van der Waals surface area contributed by atoms with E-state index in [1.165, 1.54) is 19.3 Å². The Morgan fingerprint density at radius 1 is 1.24 bits per heavy atom. The zero-order valence-corrected chi connectivity index (χ0v) is 18.0. The maximum Gasteiger partial charge on any atom is 0.256 e. The van der Waals surface area contributed by atoms with Crippen molar-refractivity contribution >= 4 is 23.2 Å². The number of aromatic nitrogens is 3. The first-order valence-corrected chi connectivity index (χ1v) is 10.7. The second-order valence-corrected chi connectivity index (χ2v) is 8.57. The highest BCUT2D eigenvalue weighted by atomic mass is 35.5. The molecule has 3 aromatic rings. The predicted octanol–water partition coefficient (Wildman–Crippen LogP) is 4.90. The van der Waals surface area contributed by atoms with Crippen LogP contribution in [0.3, 0.4) is 0 Å². The SMILES string of the molecule is Cc1nc2c(C(=O)N[C@@H]3CCCC[C@H]3C)cnn2c(C)c1Cc1ccccc1Cl. The standard InChI is InChI=1S/C23H27ClN4O/c1-14-8-4-7-11-21(14)27-23(29)19-13-25-28-16(3)18(15(2)26-22(19)28)12-17-9-5-6-10-20(17)24/h5-6,9-10,13-14,21H,4,7-8,11-12H2,1-3H3,(H,27,29)/t14-,21-/m1/s1. The van der Waals surface area contributed by atoms with Crippen LogP contribution in [0.1, 0.15) is 65.5 Å². The molecule has 1 aliphatic carbocycles. The van der Waals surface area contributed by atoms with Gasteiger partial charge in [0.1, 0.15) is 5.56 Å². The summed E-state index contributed by atoms with van der Waals surface area (Å²) in [7, 11) is 0. The first kappa shape index (κ1) is 19.9. The fraction of sp³-hybridized carbons (Fsp3) is 0.435. The molecule has 0 spiro atoms. The second kappa shape index (κ2) is 8.15. The van der Waals surface area contributed by atoms with E-state index in [-0.39, 0.29) is 11.9 Å². The molecule has 1 saturated carbocycles. The van der Waals surface area contributed by atoms with Gasteiger partial charge in [0.15, 0.2) is 5.65 Å². The molecule has 1 aromatic carbocycles. The molecule has 2 heterocycles. The summed E-state index contributed by atoms with van der Waals surface area (Å²) in [4.78, 5) is 17.7. The zero-order valence-electron chi connectivity index (χ0n) is 17.2. The number of nitrogens with one attached hydrogen (secondary N) is 1. The average molecular weight is 411 g/mol. The molecule has 0 aliphatic heterocycles. The van der Waals surface area contributed by atoms with E-state index in [1.54, 1.807) is 10.7 Å². The molecule has 0 bridgehead atoms. The molecule has 4 rings (SSSR count). The number of fused-ring (bicyclic) bond motifs is 1. The predicted molar refractivity (Wildman–Crippen MR) is 116 cm³/mol. The molecule has 0 saturated heterocycles. The van der Waals surface area contributed by atoms with Crippen LogP contribution >= 0.6 is 11.6 Å². The molecule has 1 amide bonds. The van der Waals surface area contributed by atoms with Crippen LogP contribution in [-0.2, 0) is 6.42 Å². The Morgan fingerprint density at radius 3 is 2.76 bits per heavy atom. The van der Waals surface area contributed by atoms with Gasteiger partial charge < -0.3 is 5.32 Å². The van der Waals surface area contributed by atoms with Gasteiger partial charge in [0, 0.05) is 28.9 Å². The minimum atomic E-state index is -0.0797. The lowest BCUT2D eigenvalue weighted by molar-refractivity contribution is 0.0912. The van der Waals surface area contributed by atoms with Gasteiger partial charge in [-0.3, -0.25) is 4.79 Å². The highest BCUT2D eigenvalue weighted by Crippen LogP contribution is 2.26. The summed E-state index contributed by atoms with van der Waals surface area (Å²) >= 11 is 6.35. The number of benzene rings is 1. The molecular weight excluding hydrogens is 384 g/mol. The normalized spacial score (nSPS) is 19.4. The van der Waals surface area contributed by atoms with Crippen molar-refractivity contribution in [2.75, 3.05) is 0 Å². The summed E-state index contributed by atoms with van der Waals surface area (Å²) in [5.74, 6) is 0.428. The molecule has 2 aromatic heterocycles. The third-order valence-electron chi connectivity index (χ3n) is 6.21. The van der Waals surface area contributed by atoms with Crippen molar-refractivity contribution in [3.05, 3.63) is 63.6 Å².